The molecule has 0 spiro atoms. The second-order valence-electron chi connectivity index (χ2n) is 4.14. The number of carbonyl (C=O) groups excluding carboxylic acids is 1. The van der Waals surface area contributed by atoms with Gasteiger partial charge in [0.1, 0.15) is 0 Å². The summed E-state index contributed by atoms with van der Waals surface area (Å²) in [7, 11) is 0. The Kier molecular flexibility index (Phi) is 6.76. The van der Waals surface area contributed by atoms with Gasteiger partial charge in [-0.15, -0.1) is 0 Å². The van der Waals surface area contributed by atoms with Gasteiger partial charge in [-0.1, -0.05) is 0 Å². The Morgan fingerprint density at radius 3 is 2.26 bits per heavy atom. The maximum atomic E-state index is 11.4. The van der Waals surface area contributed by atoms with Gasteiger partial charge >= 0.3 is 51.4 Å². The predicted molar refractivity (Wildman–Crippen MR) is 68.8 cm³/mol. The van der Waals surface area contributed by atoms with Crippen LogP contribution in [0, 0.1) is 17.9 Å². The molecule has 0 bridgehead atoms. The van der Waals surface area contributed by atoms with Gasteiger partial charge in [-0.25, -0.2) is 0 Å². The van der Waals surface area contributed by atoms with Gasteiger partial charge in [0.2, 0.25) is 0 Å². The maximum Gasteiger partial charge on any atom is 1.00 e. The number of piperazine rings is 1. The van der Waals surface area contributed by atoms with Crippen molar-refractivity contribution in [1.82, 2.24) is 4.90 Å². The molecule has 0 radical (unpaired) electrons. The number of amides is 1. The Morgan fingerprint density at radius 2 is 1.79 bits per heavy atom. The molecule has 0 aliphatic carbocycles. The van der Waals surface area contributed by atoms with E-state index in [9.17, 15) is 4.79 Å². The van der Waals surface area contributed by atoms with Crippen molar-refractivity contribution in [2.45, 2.75) is 0 Å². The number of hydrogen-bond donors (Lipinski definition) is 0. The van der Waals surface area contributed by atoms with Crippen LogP contribution in [0.1, 0.15) is 5.56 Å². The first-order valence-corrected chi connectivity index (χ1v) is 5.83. The number of nitriles is 1. The number of carbonyl (C=O) groups is 1. The van der Waals surface area contributed by atoms with Crippen LogP contribution in [0.3, 0.4) is 0 Å². The van der Waals surface area contributed by atoms with E-state index in [1.54, 1.807) is 17.0 Å². The Balaban J connectivity index is 0.00000180. The van der Waals surface area contributed by atoms with E-state index in [0.29, 0.717) is 18.7 Å². The van der Waals surface area contributed by atoms with Crippen molar-refractivity contribution >= 4 is 11.6 Å². The number of anilines is 1. The molecule has 1 aliphatic rings. The van der Waals surface area contributed by atoms with E-state index in [4.69, 9.17) is 11.8 Å². The van der Waals surface area contributed by atoms with E-state index in [-0.39, 0.29) is 57.3 Å². The Morgan fingerprint density at radius 1 is 1.21 bits per heavy atom. The van der Waals surface area contributed by atoms with Gasteiger partial charge in [0.25, 0.3) is 0 Å². The van der Waals surface area contributed by atoms with Crippen molar-refractivity contribution < 1.29 is 56.2 Å². The van der Waals surface area contributed by atoms with E-state index in [2.05, 4.69) is 11.0 Å². The third-order valence-electron chi connectivity index (χ3n) is 3.10. The van der Waals surface area contributed by atoms with Crippen LogP contribution in [0.4, 0.5) is 5.69 Å². The van der Waals surface area contributed by atoms with Crippen LogP contribution < -0.4 is 56.3 Å². The zero-order chi connectivity index (χ0) is 13.0. The average molecular weight is 279 g/mol. The third-order valence-corrected chi connectivity index (χ3v) is 3.10. The molecule has 1 heterocycles. The van der Waals surface area contributed by atoms with Crippen LogP contribution in [0.15, 0.2) is 30.3 Å². The smallest absolute Gasteiger partial charge is 0.414 e. The summed E-state index contributed by atoms with van der Waals surface area (Å²) in [6, 6.07) is 9.58. The zero-order valence-corrected chi connectivity index (χ0v) is 14.2. The van der Waals surface area contributed by atoms with E-state index < -0.39 is 0 Å². The molecule has 92 valence electrons. The first-order chi connectivity index (χ1) is 8.74. The zero-order valence-electron chi connectivity index (χ0n) is 11.0. The molecule has 1 fully saturated rings. The molecule has 19 heavy (non-hydrogen) atoms. The van der Waals surface area contributed by atoms with Gasteiger partial charge in [-0.05, 0) is 24.3 Å². The van der Waals surface area contributed by atoms with Crippen LogP contribution in [0.2, 0.25) is 0 Å². The van der Waals surface area contributed by atoms with Crippen molar-refractivity contribution in [3.63, 3.8) is 0 Å². The minimum Gasteiger partial charge on any atom is -0.414 e. The van der Waals surface area contributed by atoms with Crippen molar-refractivity contribution in [2.24, 2.45) is 0 Å². The quantitative estimate of drug-likeness (QED) is 0.365. The Hall–Kier alpha value is -0.644. The summed E-state index contributed by atoms with van der Waals surface area (Å²) in [4.78, 5) is 15.3. The molecule has 1 amide bonds. The molecule has 5 heteroatoms. The number of rotatable bonds is 2. The largest absolute Gasteiger partial charge is 1.00 e. The molecule has 1 aliphatic heterocycles. The van der Waals surface area contributed by atoms with E-state index >= 15 is 0 Å². The summed E-state index contributed by atoms with van der Waals surface area (Å²) in [5.41, 5.74) is 1.74. The van der Waals surface area contributed by atoms with Crippen molar-refractivity contribution in [2.75, 3.05) is 31.1 Å². The standard InChI is InChI=1S/C14H14N3O.K/c1-2-14(18)17-9-7-16(8-10-17)13-5-3-12(11-15)4-6-13;/h1-6H,7-10H2;/q-1;+1. The molecule has 1 saturated heterocycles. The fourth-order valence-electron chi connectivity index (χ4n) is 2.04. The van der Waals surface area contributed by atoms with Crippen molar-refractivity contribution in [3.05, 3.63) is 42.5 Å². The predicted octanol–water partition coefficient (Wildman–Crippen LogP) is -1.80. The van der Waals surface area contributed by atoms with E-state index in [1.165, 1.54) is 0 Å². The minimum absolute atomic E-state index is 0. The minimum atomic E-state index is -0.116. The summed E-state index contributed by atoms with van der Waals surface area (Å²) in [5.74, 6) is -0.116. The fraction of sp³-hybridized carbons (Fsp3) is 0.286. The van der Waals surface area contributed by atoms with E-state index in [0.717, 1.165) is 24.9 Å². The molecular weight excluding hydrogens is 265 g/mol. The average Bonchev–Trinajstić information content (AvgIpc) is 2.47. The number of hydrogen-bond acceptors (Lipinski definition) is 3. The number of nitrogens with zero attached hydrogens (tertiary/aromatic N) is 3. The first-order valence-electron chi connectivity index (χ1n) is 5.83. The van der Waals surface area contributed by atoms with Crippen molar-refractivity contribution in [1.29, 1.82) is 5.26 Å². The summed E-state index contributed by atoms with van der Waals surface area (Å²) in [5, 5.41) is 8.74. The SMILES string of the molecule is [CH-]=CC(=O)N1CCN(c2ccc(C#N)cc2)CC1.[K+]. The molecule has 0 N–H and O–H groups in total. The summed E-state index contributed by atoms with van der Waals surface area (Å²) < 4.78 is 0. The summed E-state index contributed by atoms with van der Waals surface area (Å²) in [6.07, 6.45) is 1.11. The summed E-state index contributed by atoms with van der Waals surface area (Å²) >= 11 is 0. The molecule has 0 unspecified atom stereocenters. The van der Waals surface area contributed by atoms with Crippen LogP contribution in [0.5, 0.6) is 0 Å². The van der Waals surface area contributed by atoms with Gasteiger partial charge in [0.15, 0.2) is 0 Å². The van der Waals surface area contributed by atoms with E-state index in [1.807, 2.05) is 12.1 Å². The van der Waals surface area contributed by atoms with Gasteiger partial charge in [-0.2, -0.15) is 11.3 Å². The second kappa shape index (κ2) is 7.83. The van der Waals surface area contributed by atoms with Gasteiger partial charge in [0, 0.05) is 31.9 Å². The summed E-state index contributed by atoms with van der Waals surface area (Å²) in [6.45, 7) is 8.13. The molecule has 1 aromatic rings. The fourth-order valence-corrected chi connectivity index (χ4v) is 2.04. The monoisotopic (exact) mass is 279 g/mol. The second-order valence-corrected chi connectivity index (χ2v) is 4.14. The first kappa shape index (κ1) is 16.4. The Bertz CT molecular complexity index is 484. The molecule has 2 rings (SSSR count). The topological polar surface area (TPSA) is 47.3 Å². The molecule has 0 aromatic heterocycles. The Labute approximate surface area is 156 Å². The number of benzene rings is 1. The maximum absolute atomic E-state index is 11.4. The van der Waals surface area contributed by atoms with Gasteiger partial charge in [-0.3, -0.25) is 6.58 Å². The molecule has 0 saturated carbocycles. The van der Waals surface area contributed by atoms with Crippen LogP contribution in [-0.2, 0) is 4.79 Å². The molecule has 4 nitrogen and oxygen atoms in total. The van der Waals surface area contributed by atoms with Crippen LogP contribution in [-0.4, -0.2) is 37.0 Å². The van der Waals surface area contributed by atoms with Gasteiger partial charge < -0.3 is 14.6 Å². The van der Waals surface area contributed by atoms with Crippen LogP contribution >= 0.6 is 0 Å². The van der Waals surface area contributed by atoms with Crippen LogP contribution in [0.25, 0.3) is 0 Å². The van der Waals surface area contributed by atoms with Crippen molar-refractivity contribution in [3.8, 4) is 6.07 Å². The van der Waals surface area contributed by atoms with Gasteiger partial charge in [0.05, 0.1) is 17.5 Å². The molecule has 1 aromatic carbocycles. The third kappa shape index (κ3) is 4.16. The molecular formula is C14H14KN3O. The molecule has 0 atom stereocenters. The normalized spacial score (nSPS) is 14.3.